The largest absolute Gasteiger partial charge is 0.333 e. The van der Waals surface area contributed by atoms with Crippen molar-refractivity contribution in [2.45, 2.75) is 5.88 Å². The van der Waals surface area contributed by atoms with Crippen LogP contribution in [0.3, 0.4) is 0 Å². The van der Waals surface area contributed by atoms with Gasteiger partial charge in [-0.3, -0.25) is 0 Å². The van der Waals surface area contributed by atoms with Crippen molar-refractivity contribution in [1.82, 2.24) is 10.1 Å². The van der Waals surface area contributed by atoms with Crippen LogP contribution in [-0.2, 0) is 5.88 Å². The summed E-state index contributed by atoms with van der Waals surface area (Å²) in [5.74, 6) is 1.08. The first-order chi connectivity index (χ1) is 6.83. The molecule has 0 fully saturated rings. The van der Waals surface area contributed by atoms with E-state index < -0.39 is 0 Å². The lowest BCUT2D eigenvalue weighted by atomic mass is 10.4. The molecule has 0 aliphatic heterocycles. The molecule has 0 saturated carbocycles. The van der Waals surface area contributed by atoms with Gasteiger partial charge in [-0.05, 0) is 12.1 Å². The van der Waals surface area contributed by atoms with Crippen LogP contribution in [0.4, 0.5) is 0 Å². The van der Waals surface area contributed by atoms with Crippen molar-refractivity contribution in [2.24, 2.45) is 0 Å². The molecule has 2 heterocycles. The molecule has 14 heavy (non-hydrogen) atoms. The molecule has 0 aromatic carbocycles. The number of halogens is 1. The maximum Gasteiger partial charge on any atom is 0.268 e. The van der Waals surface area contributed by atoms with Gasteiger partial charge < -0.3 is 4.52 Å². The number of alkyl halides is 1. The van der Waals surface area contributed by atoms with Gasteiger partial charge in [0, 0.05) is 0 Å². The van der Waals surface area contributed by atoms with E-state index in [1.54, 1.807) is 12.1 Å². The van der Waals surface area contributed by atoms with Crippen LogP contribution in [0, 0.1) is 11.3 Å². The Balaban J connectivity index is 2.35. The highest BCUT2D eigenvalue weighted by atomic mass is 35.5. The number of hydrogen-bond acceptors (Lipinski definition) is 5. The Kier molecular flexibility index (Phi) is 2.48. The highest BCUT2D eigenvalue weighted by Crippen LogP contribution is 2.26. The molecule has 2 rings (SSSR count). The topological polar surface area (TPSA) is 62.7 Å². The average molecular weight is 226 g/mol. The summed E-state index contributed by atoms with van der Waals surface area (Å²) < 4.78 is 4.95. The summed E-state index contributed by atoms with van der Waals surface area (Å²) >= 11 is 6.84. The van der Waals surface area contributed by atoms with Gasteiger partial charge in [-0.2, -0.15) is 10.2 Å². The standard InChI is InChI=1S/C8H4ClN3OS/c9-3-7-11-8(13-12-7)6-2-1-5(4-10)14-6/h1-2H,3H2. The van der Waals surface area contributed by atoms with E-state index in [9.17, 15) is 0 Å². The first-order valence-electron chi connectivity index (χ1n) is 3.72. The van der Waals surface area contributed by atoms with Crippen LogP contribution in [0.5, 0.6) is 0 Å². The number of nitriles is 1. The van der Waals surface area contributed by atoms with Crippen molar-refractivity contribution < 1.29 is 4.52 Å². The fraction of sp³-hybridized carbons (Fsp3) is 0.125. The van der Waals surface area contributed by atoms with Crippen molar-refractivity contribution in [2.75, 3.05) is 0 Å². The molecular formula is C8H4ClN3OS. The maximum atomic E-state index is 8.62. The van der Waals surface area contributed by atoms with Crippen molar-refractivity contribution in [1.29, 1.82) is 5.26 Å². The summed E-state index contributed by atoms with van der Waals surface area (Å²) in [5, 5.41) is 12.3. The molecule has 6 heteroatoms. The number of thiophene rings is 1. The van der Waals surface area contributed by atoms with E-state index in [4.69, 9.17) is 21.4 Å². The van der Waals surface area contributed by atoms with Gasteiger partial charge in [0.25, 0.3) is 5.89 Å². The van der Waals surface area contributed by atoms with E-state index in [-0.39, 0.29) is 5.88 Å². The van der Waals surface area contributed by atoms with Crippen LogP contribution >= 0.6 is 22.9 Å². The molecule has 2 aromatic rings. The van der Waals surface area contributed by atoms with E-state index >= 15 is 0 Å². The summed E-state index contributed by atoms with van der Waals surface area (Å²) in [6.45, 7) is 0. The number of rotatable bonds is 2. The summed E-state index contributed by atoms with van der Waals surface area (Å²) in [6, 6.07) is 5.53. The minimum Gasteiger partial charge on any atom is -0.333 e. The van der Waals surface area contributed by atoms with E-state index in [2.05, 4.69) is 10.1 Å². The van der Waals surface area contributed by atoms with Crippen molar-refractivity contribution in [3.8, 4) is 16.8 Å². The molecule has 70 valence electrons. The second-order valence-electron chi connectivity index (χ2n) is 2.43. The Hall–Kier alpha value is -1.38. The molecular weight excluding hydrogens is 222 g/mol. The molecule has 0 aliphatic rings. The van der Waals surface area contributed by atoms with E-state index in [0.717, 1.165) is 4.88 Å². The molecule has 2 aromatic heterocycles. The molecule has 0 aliphatic carbocycles. The van der Waals surface area contributed by atoms with Gasteiger partial charge in [0.2, 0.25) is 0 Å². The van der Waals surface area contributed by atoms with Crippen LogP contribution in [0.15, 0.2) is 16.7 Å². The minimum absolute atomic E-state index is 0.222. The Morgan fingerprint density at radius 1 is 1.57 bits per heavy atom. The summed E-state index contributed by atoms with van der Waals surface area (Å²) in [4.78, 5) is 5.44. The maximum absolute atomic E-state index is 8.62. The zero-order chi connectivity index (χ0) is 9.97. The second-order valence-corrected chi connectivity index (χ2v) is 3.78. The number of aromatic nitrogens is 2. The molecule has 0 N–H and O–H groups in total. The highest BCUT2D eigenvalue weighted by molar-refractivity contribution is 7.15. The van der Waals surface area contributed by atoms with E-state index in [1.165, 1.54) is 11.3 Å². The van der Waals surface area contributed by atoms with Crippen molar-refractivity contribution in [3.05, 3.63) is 22.8 Å². The highest BCUT2D eigenvalue weighted by Gasteiger charge is 2.10. The Morgan fingerprint density at radius 3 is 3.00 bits per heavy atom. The first-order valence-corrected chi connectivity index (χ1v) is 5.07. The zero-order valence-corrected chi connectivity index (χ0v) is 8.47. The summed E-state index contributed by atoms with van der Waals surface area (Å²) in [7, 11) is 0. The fourth-order valence-electron chi connectivity index (χ4n) is 0.921. The lowest BCUT2D eigenvalue weighted by Gasteiger charge is -1.82. The molecule has 4 nitrogen and oxygen atoms in total. The molecule has 0 saturated heterocycles. The molecule has 0 amide bonds. The predicted octanol–water partition coefficient (Wildman–Crippen LogP) is 2.41. The Bertz CT molecular complexity index is 485. The van der Waals surface area contributed by atoms with Gasteiger partial charge in [-0.15, -0.1) is 22.9 Å². The van der Waals surface area contributed by atoms with Crippen LogP contribution < -0.4 is 0 Å². The van der Waals surface area contributed by atoms with Crippen molar-refractivity contribution >= 4 is 22.9 Å². The zero-order valence-electron chi connectivity index (χ0n) is 6.90. The molecule has 0 unspecified atom stereocenters. The fourth-order valence-corrected chi connectivity index (χ4v) is 1.75. The molecule has 0 bridgehead atoms. The SMILES string of the molecule is N#Cc1ccc(-c2nc(CCl)no2)s1. The van der Waals surface area contributed by atoms with Crippen molar-refractivity contribution in [3.63, 3.8) is 0 Å². The number of hydrogen-bond donors (Lipinski definition) is 0. The summed E-state index contributed by atoms with van der Waals surface area (Å²) in [6.07, 6.45) is 0. The Morgan fingerprint density at radius 2 is 2.43 bits per heavy atom. The van der Waals surface area contributed by atoms with Gasteiger partial charge in [-0.25, -0.2) is 0 Å². The van der Waals surface area contributed by atoms with Gasteiger partial charge in [0.1, 0.15) is 10.9 Å². The molecule has 0 spiro atoms. The van der Waals surface area contributed by atoms with Gasteiger partial charge >= 0.3 is 0 Å². The smallest absolute Gasteiger partial charge is 0.268 e. The van der Waals surface area contributed by atoms with E-state index in [1.807, 2.05) is 6.07 Å². The van der Waals surface area contributed by atoms with Crippen LogP contribution in [-0.4, -0.2) is 10.1 Å². The van der Waals surface area contributed by atoms with Gasteiger partial charge in [0.15, 0.2) is 5.82 Å². The third kappa shape index (κ3) is 1.62. The quantitative estimate of drug-likeness (QED) is 0.737. The van der Waals surface area contributed by atoms with Crippen LogP contribution in [0.25, 0.3) is 10.8 Å². The van der Waals surface area contributed by atoms with Gasteiger partial charge in [0.05, 0.1) is 10.8 Å². The number of nitrogens with zero attached hydrogens (tertiary/aromatic N) is 3. The molecule has 0 atom stereocenters. The predicted molar refractivity (Wildman–Crippen MR) is 51.9 cm³/mol. The lowest BCUT2D eigenvalue weighted by Crippen LogP contribution is -1.78. The second kappa shape index (κ2) is 3.78. The minimum atomic E-state index is 0.222. The summed E-state index contributed by atoms with van der Waals surface area (Å²) in [5.41, 5.74) is 0. The first kappa shape index (κ1) is 9.19. The van der Waals surface area contributed by atoms with Crippen LogP contribution in [0.1, 0.15) is 10.7 Å². The average Bonchev–Trinajstić information content (AvgIpc) is 2.86. The monoisotopic (exact) mass is 225 g/mol. The Labute approximate surface area is 88.7 Å². The third-order valence-corrected chi connectivity index (χ3v) is 2.73. The molecule has 0 radical (unpaired) electrons. The van der Waals surface area contributed by atoms with Crippen LogP contribution in [0.2, 0.25) is 0 Å². The normalized spacial score (nSPS) is 10.0. The van der Waals surface area contributed by atoms with E-state index in [0.29, 0.717) is 16.6 Å². The third-order valence-electron chi connectivity index (χ3n) is 1.51. The lowest BCUT2D eigenvalue weighted by molar-refractivity contribution is 0.426. The van der Waals surface area contributed by atoms with Gasteiger partial charge in [-0.1, -0.05) is 5.16 Å².